The first-order chi connectivity index (χ1) is 10.2. The van der Waals surface area contributed by atoms with Gasteiger partial charge in [-0.2, -0.15) is 0 Å². The van der Waals surface area contributed by atoms with E-state index in [0.29, 0.717) is 0 Å². The Balaban J connectivity index is 2.05. The molecular weight excluding hydrogens is 280 g/mol. The molecule has 0 radical (unpaired) electrons. The number of fused-ring (bicyclic) bond motifs is 1. The van der Waals surface area contributed by atoms with E-state index in [0.717, 1.165) is 46.4 Å². The molecule has 3 rings (SSSR count). The molecule has 1 aromatic carbocycles. The van der Waals surface area contributed by atoms with E-state index in [4.69, 9.17) is 0 Å². The van der Waals surface area contributed by atoms with Crippen molar-refractivity contribution >= 4 is 22.1 Å². The van der Waals surface area contributed by atoms with Crippen molar-refractivity contribution in [2.75, 3.05) is 0 Å². The molecule has 0 saturated carbocycles. The Morgan fingerprint density at radius 2 is 2.14 bits per heavy atom. The summed E-state index contributed by atoms with van der Waals surface area (Å²) in [5, 5.41) is 4.82. The summed E-state index contributed by atoms with van der Waals surface area (Å²) in [6.07, 6.45) is 4.02. The highest BCUT2D eigenvalue weighted by Crippen LogP contribution is 2.26. The molecule has 0 unspecified atom stereocenters. The van der Waals surface area contributed by atoms with Crippen LogP contribution in [-0.2, 0) is 6.54 Å². The number of benzene rings is 1. The number of hydrogen-bond donors (Lipinski definition) is 0. The van der Waals surface area contributed by atoms with Crippen molar-refractivity contribution in [1.29, 1.82) is 0 Å². The van der Waals surface area contributed by atoms with Gasteiger partial charge in [-0.3, -0.25) is 4.79 Å². The molecule has 0 amide bonds. The van der Waals surface area contributed by atoms with E-state index in [9.17, 15) is 4.79 Å². The highest BCUT2D eigenvalue weighted by Gasteiger charge is 2.07. The highest BCUT2D eigenvalue weighted by atomic mass is 32.1. The summed E-state index contributed by atoms with van der Waals surface area (Å²) >= 11 is 1.64. The topological polar surface area (TPSA) is 34.9 Å². The van der Waals surface area contributed by atoms with E-state index >= 15 is 0 Å². The van der Waals surface area contributed by atoms with Crippen LogP contribution in [0.25, 0.3) is 21.3 Å². The van der Waals surface area contributed by atoms with Gasteiger partial charge in [0.15, 0.2) is 0 Å². The SMILES string of the molecule is CCCCn1ccc2cc(-c3nc(C)cs3)ccc2c1=O. The van der Waals surface area contributed by atoms with Crippen LogP contribution in [0.4, 0.5) is 0 Å². The largest absolute Gasteiger partial charge is 0.315 e. The summed E-state index contributed by atoms with van der Waals surface area (Å²) in [4.78, 5) is 16.9. The zero-order valence-corrected chi connectivity index (χ0v) is 13.1. The zero-order chi connectivity index (χ0) is 14.8. The molecule has 0 atom stereocenters. The van der Waals surface area contributed by atoms with Gasteiger partial charge in [0, 0.05) is 34.8 Å². The van der Waals surface area contributed by atoms with Crippen LogP contribution < -0.4 is 5.56 Å². The van der Waals surface area contributed by atoms with Gasteiger partial charge in [0.1, 0.15) is 5.01 Å². The summed E-state index contributed by atoms with van der Waals surface area (Å²) in [5.74, 6) is 0. The Bertz CT molecular complexity index is 832. The molecule has 0 aliphatic carbocycles. The monoisotopic (exact) mass is 298 g/mol. The zero-order valence-electron chi connectivity index (χ0n) is 12.3. The van der Waals surface area contributed by atoms with Gasteiger partial charge < -0.3 is 4.57 Å². The highest BCUT2D eigenvalue weighted by molar-refractivity contribution is 7.13. The van der Waals surface area contributed by atoms with E-state index in [2.05, 4.69) is 18.0 Å². The van der Waals surface area contributed by atoms with Crippen molar-refractivity contribution in [1.82, 2.24) is 9.55 Å². The number of aromatic nitrogens is 2. The Labute approximate surface area is 127 Å². The number of hydrogen-bond acceptors (Lipinski definition) is 3. The van der Waals surface area contributed by atoms with Crippen LogP contribution in [0.1, 0.15) is 25.5 Å². The van der Waals surface area contributed by atoms with Crippen molar-refractivity contribution in [2.45, 2.75) is 33.2 Å². The fourth-order valence-electron chi connectivity index (χ4n) is 2.41. The van der Waals surface area contributed by atoms with Crippen molar-refractivity contribution in [3.63, 3.8) is 0 Å². The standard InChI is InChI=1S/C17H18N2OS/c1-3-4-8-19-9-7-13-10-14(5-6-15(13)17(19)20)16-18-12(2)11-21-16/h5-7,9-11H,3-4,8H2,1-2H3. The molecule has 21 heavy (non-hydrogen) atoms. The lowest BCUT2D eigenvalue weighted by Crippen LogP contribution is -2.19. The van der Waals surface area contributed by atoms with Crippen LogP contribution in [0, 0.1) is 6.92 Å². The molecule has 0 fully saturated rings. The molecular formula is C17H18N2OS. The molecule has 2 aromatic heterocycles. The fourth-order valence-corrected chi connectivity index (χ4v) is 3.21. The number of pyridine rings is 1. The van der Waals surface area contributed by atoms with Crippen molar-refractivity contribution < 1.29 is 0 Å². The van der Waals surface area contributed by atoms with E-state index in [1.807, 2.05) is 36.7 Å². The summed E-state index contributed by atoms with van der Waals surface area (Å²) in [6.45, 7) is 4.92. The Morgan fingerprint density at radius 3 is 2.86 bits per heavy atom. The smallest absolute Gasteiger partial charge is 0.258 e. The minimum Gasteiger partial charge on any atom is -0.315 e. The third kappa shape index (κ3) is 2.76. The van der Waals surface area contributed by atoms with Crippen LogP contribution >= 0.6 is 11.3 Å². The van der Waals surface area contributed by atoms with Gasteiger partial charge in [0.25, 0.3) is 5.56 Å². The quantitative estimate of drug-likeness (QED) is 0.722. The molecule has 0 saturated heterocycles. The lowest BCUT2D eigenvalue weighted by atomic mass is 10.1. The molecule has 3 aromatic rings. The van der Waals surface area contributed by atoms with Crippen LogP contribution in [0.15, 0.2) is 40.6 Å². The average molecular weight is 298 g/mol. The molecule has 2 heterocycles. The predicted molar refractivity (Wildman–Crippen MR) is 89.0 cm³/mol. The summed E-state index contributed by atoms with van der Waals surface area (Å²) in [6, 6.07) is 7.99. The Hall–Kier alpha value is -1.94. The van der Waals surface area contributed by atoms with Crippen molar-refractivity contribution in [3.8, 4) is 10.6 Å². The van der Waals surface area contributed by atoms with Gasteiger partial charge in [-0.1, -0.05) is 19.4 Å². The van der Waals surface area contributed by atoms with Crippen LogP contribution in [0.2, 0.25) is 0 Å². The number of thiazole rings is 1. The van der Waals surface area contributed by atoms with E-state index < -0.39 is 0 Å². The lowest BCUT2D eigenvalue weighted by Gasteiger charge is -2.07. The van der Waals surface area contributed by atoms with Gasteiger partial charge in [-0.25, -0.2) is 4.98 Å². The normalized spacial score (nSPS) is 11.1. The fraction of sp³-hybridized carbons (Fsp3) is 0.294. The summed E-state index contributed by atoms with van der Waals surface area (Å²) in [5.41, 5.74) is 2.21. The maximum atomic E-state index is 12.4. The Morgan fingerprint density at radius 1 is 1.29 bits per heavy atom. The molecule has 0 aliphatic heterocycles. The van der Waals surface area contributed by atoms with Crippen molar-refractivity contribution in [2.24, 2.45) is 0 Å². The van der Waals surface area contributed by atoms with Crippen LogP contribution in [-0.4, -0.2) is 9.55 Å². The van der Waals surface area contributed by atoms with Gasteiger partial charge in [-0.15, -0.1) is 11.3 Å². The van der Waals surface area contributed by atoms with E-state index in [-0.39, 0.29) is 5.56 Å². The third-order valence-corrected chi connectivity index (χ3v) is 4.60. The number of nitrogens with zero attached hydrogens (tertiary/aromatic N) is 2. The second-order valence-corrected chi connectivity index (χ2v) is 6.12. The van der Waals surface area contributed by atoms with Crippen molar-refractivity contribution in [3.05, 3.63) is 51.9 Å². The molecule has 4 heteroatoms. The van der Waals surface area contributed by atoms with E-state index in [1.165, 1.54) is 0 Å². The summed E-state index contributed by atoms with van der Waals surface area (Å²) < 4.78 is 1.80. The average Bonchev–Trinajstić information content (AvgIpc) is 2.93. The van der Waals surface area contributed by atoms with Gasteiger partial charge in [0.2, 0.25) is 0 Å². The molecule has 3 nitrogen and oxygen atoms in total. The minimum atomic E-state index is 0.0998. The summed E-state index contributed by atoms with van der Waals surface area (Å²) in [7, 11) is 0. The number of unbranched alkanes of at least 4 members (excludes halogenated alkanes) is 1. The second kappa shape index (κ2) is 5.82. The predicted octanol–water partition coefficient (Wildman–Crippen LogP) is 4.23. The Kier molecular flexibility index (Phi) is 3.88. The third-order valence-electron chi connectivity index (χ3n) is 3.60. The molecule has 0 N–H and O–H groups in total. The first-order valence-electron chi connectivity index (χ1n) is 7.25. The molecule has 0 spiro atoms. The first-order valence-corrected chi connectivity index (χ1v) is 8.12. The lowest BCUT2D eigenvalue weighted by molar-refractivity contribution is 0.617. The maximum Gasteiger partial charge on any atom is 0.258 e. The molecule has 0 aliphatic rings. The molecule has 108 valence electrons. The van der Waals surface area contributed by atoms with Gasteiger partial charge in [0.05, 0.1) is 0 Å². The first kappa shape index (κ1) is 14.0. The number of rotatable bonds is 4. The van der Waals surface area contributed by atoms with Crippen LogP contribution in [0.3, 0.4) is 0 Å². The molecule has 0 bridgehead atoms. The van der Waals surface area contributed by atoms with Crippen LogP contribution in [0.5, 0.6) is 0 Å². The van der Waals surface area contributed by atoms with E-state index in [1.54, 1.807) is 15.9 Å². The van der Waals surface area contributed by atoms with Gasteiger partial charge >= 0.3 is 0 Å². The van der Waals surface area contributed by atoms with Gasteiger partial charge in [-0.05, 0) is 36.9 Å². The number of aryl methyl sites for hydroxylation is 2. The second-order valence-electron chi connectivity index (χ2n) is 5.26. The minimum absolute atomic E-state index is 0.0998. The maximum absolute atomic E-state index is 12.4.